The standard InChI is InChI=1S/C13H16F3NO2/c1-9(17(2)8-7-12(18)19)10-5-3-4-6-11(10)13(14,15)16/h3-6,9H,7-8H2,1-2H3,(H,18,19). The highest BCUT2D eigenvalue weighted by molar-refractivity contribution is 5.66. The molecule has 0 aliphatic carbocycles. The van der Waals surface area contributed by atoms with Crippen LogP contribution in [0.2, 0.25) is 0 Å². The maximum Gasteiger partial charge on any atom is 0.416 e. The molecule has 0 spiro atoms. The topological polar surface area (TPSA) is 40.5 Å². The fourth-order valence-corrected chi connectivity index (χ4v) is 1.82. The summed E-state index contributed by atoms with van der Waals surface area (Å²) in [6, 6.07) is 4.85. The predicted molar refractivity (Wildman–Crippen MR) is 64.7 cm³/mol. The molecule has 6 heteroatoms. The zero-order valence-corrected chi connectivity index (χ0v) is 10.7. The Kier molecular flexibility index (Phi) is 4.94. The number of nitrogens with zero attached hydrogens (tertiary/aromatic N) is 1. The van der Waals surface area contributed by atoms with E-state index in [1.807, 2.05) is 0 Å². The van der Waals surface area contributed by atoms with Crippen molar-refractivity contribution >= 4 is 5.97 Å². The second-order valence-corrected chi connectivity index (χ2v) is 4.39. The van der Waals surface area contributed by atoms with Gasteiger partial charge in [-0.25, -0.2) is 0 Å². The first-order chi connectivity index (χ1) is 8.73. The molecule has 1 aromatic carbocycles. The molecular formula is C13H16F3NO2. The quantitative estimate of drug-likeness (QED) is 0.897. The number of carboxylic acids is 1. The summed E-state index contributed by atoms with van der Waals surface area (Å²) in [5.41, 5.74) is -0.521. The molecule has 0 saturated carbocycles. The highest BCUT2D eigenvalue weighted by atomic mass is 19.4. The Morgan fingerprint density at radius 2 is 1.95 bits per heavy atom. The average Bonchev–Trinajstić information content (AvgIpc) is 2.34. The zero-order chi connectivity index (χ0) is 14.6. The minimum Gasteiger partial charge on any atom is -0.481 e. The van der Waals surface area contributed by atoms with Crippen LogP contribution in [0, 0.1) is 0 Å². The van der Waals surface area contributed by atoms with Gasteiger partial charge in [0, 0.05) is 12.6 Å². The summed E-state index contributed by atoms with van der Waals surface area (Å²) in [7, 11) is 1.61. The van der Waals surface area contributed by atoms with Crippen LogP contribution in [0.4, 0.5) is 13.2 Å². The number of carbonyl (C=O) groups is 1. The van der Waals surface area contributed by atoms with Gasteiger partial charge in [-0.1, -0.05) is 18.2 Å². The van der Waals surface area contributed by atoms with E-state index in [4.69, 9.17) is 5.11 Å². The van der Waals surface area contributed by atoms with E-state index in [1.165, 1.54) is 12.1 Å². The van der Waals surface area contributed by atoms with Crippen LogP contribution in [0.5, 0.6) is 0 Å². The Morgan fingerprint density at radius 3 is 2.47 bits per heavy atom. The van der Waals surface area contributed by atoms with Crippen LogP contribution in [-0.4, -0.2) is 29.6 Å². The number of aliphatic carboxylic acids is 1. The van der Waals surface area contributed by atoms with Crippen LogP contribution in [-0.2, 0) is 11.0 Å². The number of hydrogen-bond donors (Lipinski definition) is 1. The molecule has 0 aliphatic heterocycles. The highest BCUT2D eigenvalue weighted by Crippen LogP contribution is 2.35. The summed E-state index contributed by atoms with van der Waals surface area (Å²) in [6.07, 6.45) is -4.51. The van der Waals surface area contributed by atoms with Crippen LogP contribution in [0.1, 0.15) is 30.5 Å². The molecule has 1 rings (SSSR count). The summed E-state index contributed by atoms with van der Waals surface area (Å²) in [6.45, 7) is 1.83. The Balaban J connectivity index is 2.93. The van der Waals surface area contributed by atoms with E-state index in [0.717, 1.165) is 6.07 Å². The fraction of sp³-hybridized carbons (Fsp3) is 0.462. The molecule has 0 saturated heterocycles. The van der Waals surface area contributed by atoms with Crippen LogP contribution in [0.15, 0.2) is 24.3 Å². The molecule has 0 fully saturated rings. The SMILES string of the molecule is CC(c1ccccc1C(F)(F)F)N(C)CCC(=O)O. The summed E-state index contributed by atoms with van der Waals surface area (Å²) in [5, 5.41) is 8.59. The second-order valence-electron chi connectivity index (χ2n) is 4.39. The van der Waals surface area contributed by atoms with Crippen LogP contribution < -0.4 is 0 Å². The molecule has 3 nitrogen and oxygen atoms in total. The first-order valence-corrected chi connectivity index (χ1v) is 5.81. The third kappa shape index (κ3) is 4.24. The van der Waals surface area contributed by atoms with E-state index in [0.29, 0.717) is 0 Å². The smallest absolute Gasteiger partial charge is 0.416 e. The minimum absolute atomic E-state index is 0.102. The van der Waals surface area contributed by atoms with Crippen molar-refractivity contribution in [2.24, 2.45) is 0 Å². The third-order valence-corrected chi connectivity index (χ3v) is 3.06. The Morgan fingerprint density at radius 1 is 1.37 bits per heavy atom. The number of alkyl halides is 3. The molecular weight excluding hydrogens is 259 g/mol. The van der Waals surface area contributed by atoms with E-state index in [9.17, 15) is 18.0 Å². The Labute approximate surface area is 109 Å². The molecule has 1 unspecified atom stereocenters. The lowest BCUT2D eigenvalue weighted by Crippen LogP contribution is -2.27. The fourth-order valence-electron chi connectivity index (χ4n) is 1.82. The number of rotatable bonds is 5. The summed E-state index contributed by atoms with van der Waals surface area (Å²) >= 11 is 0. The molecule has 0 radical (unpaired) electrons. The Hall–Kier alpha value is -1.56. The van der Waals surface area contributed by atoms with Gasteiger partial charge in [0.25, 0.3) is 0 Å². The van der Waals surface area contributed by atoms with Gasteiger partial charge in [-0.15, -0.1) is 0 Å². The normalized spacial score (nSPS) is 13.6. The molecule has 1 N–H and O–H groups in total. The molecule has 19 heavy (non-hydrogen) atoms. The predicted octanol–water partition coefficient (Wildman–Crippen LogP) is 3.17. The first kappa shape index (κ1) is 15.5. The molecule has 106 valence electrons. The zero-order valence-electron chi connectivity index (χ0n) is 10.7. The molecule has 0 bridgehead atoms. The summed E-state index contributed by atoms with van der Waals surface area (Å²) in [4.78, 5) is 12.1. The van der Waals surface area contributed by atoms with Gasteiger partial charge in [0.05, 0.1) is 12.0 Å². The van der Waals surface area contributed by atoms with Gasteiger partial charge in [0.2, 0.25) is 0 Å². The van der Waals surface area contributed by atoms with Gasteiger partial charge in [0.1, 0.15) is 0 Å². The molecule has 1 aromatic rings. The maximum absolute atomic E-state index is 12.9. The molecule has 0 aromatic heterocycles. The molecule has 0 heterocycles. The minimum atomic E-state index is -4.40. The van der Waals surface area contributed by atoms with Gasteiger partial charge < -0.3 is 5.11 Å². The van der Waals surface area contributed by atoms with Gasteiger partial charge in [-0.3, -0.25) is 9.69 Å². The first-order valence-electron chi connectivity index (χ1n) is 5.81. The lowest BCUT2D eigenvalue weighted by atomic mass is 10.00. The van der Waals surface area contributed by atoms with E-state index in [-0.39, 0.29) is 18.5 Å². The highest BCUT2D eigenvalue weighted by Gasteiger charge is 2.34. The average molecular weight is 275 g/mol. The second kappa shape index (κ2) is 6.06. The van der Waals surface area contributed by atoms with Crippen LogP contribution >= 0.6 is 0 Å². The van der Waals surface area contributed by atoms with Crippen molar-refractivity contribution in [3.05, 3.63) is 35.4 Å². The third-order valence-electron chi connectivity index (χ3n) is 3.06. The maximum atomic E-state index is 12.9. The van der Waals surface area contributed by atoms with Crippen LogP contribution in [0.25, 0.3) is 0 Å². The number of benzene rings is 1. The van der Waals surface area contributed by atoms with Crippen molar-refractivity contribution in [2.75, 3.05) is 13.6 Å². The summed E-state index contributed by atoms with van der Waals surface area (Å²) in [5.74, 6) is -0.969. The van der Waals surface area contributed by atoms with Gasteiger partial charge >= 0.3 is 12.1 Å². The van der Waals surface area contributed by atoms with Crippen molar-refractivity contribution in [3.8, 4) is 0 Å². The van der Waals surface area contributed by atoms with E-state index in [1.54, 1.807) is 24.9 Å². The number of halogens is 3. The lowest BCUT2D eigenvalue weighted by Gasteiger charge is -2.26. The van der Waals surface area contributed by atoms with Crippen LogP contribution in [0.3, 0.4) is 0 Å². The van der Waals surface area contributed by atoms with Crippen molar-refractivity contribution < 1.29 is 23.1 Å². The monoisotopic (exact) mass is 275 g/mol. The largest absolute Gasteiger partial charge is 0.481 e. The van der Waals surface area contributed by atoms with Crippen molar-refractivity contribution in [1.29, 1.82) is 0 Å². The molecule has 1 atom stereocenters. The molecule has 0 amide bonds. The van der Waals surface area contributed by atoms with Crippen molar-refractivity contribution in [3.63, 3.8) is 0 Å². The molecule has 0 aliphatic rings. The number of carboxylic acid groups (broad SMARTS) is 1. The van der Waals surface area contributed by atoms with E-state index < -0.39 is 23.8 Å². The number of hydrogen-bond acceptors (Lipinski definition) is 2. The van der Waals surface area contributed by atoms with E-state index >= 15 is 0 Å². The van der Waals surface area contributed by atoms with Gasteiger partial charge in [-0.05, 0) is 25.6 Å². The Bertz CT molecular complexity index is 446. The van der Waals surface area contributed by atoms with Crippen molar-refractivity contribution in [2.45, 2.75) is 25.6 Å². The van der Waals surface area contributed by atoms with Crippen molar-refractivity contribution in [1.82, 2.24) is 4.90 Å². The van der Waals surface area contributed by atoms with Gasteiger partial charge in [0.15, 0.2) is 0 Å². The van der Waals surface area contributed by atoms with Gasteiger partial charge in [-0.2, -0.15) is 13.2 Å². The van der Waals surface area contributed by atoms with E-state index in [2.05, 4.69) is 0 Å². The summed E-state index contributed by atoms with van der Waals surface area (Å²) < 4.78 is 38.6. The lowest BCUT2D eigenvalue weighted by molar-refractivity contribution is -0.139.